The van der Waals surface area contributed by atoms with E-state index in [1.807, 2.05) is 0 Å². The van der Waals surface area contributed by atoms with E-state index in [2.05, 4.69) is 81.3 Å². The Morgan fingerprint density at radius 3 is 1.56 bits per heavy atom. The first kappa shape index (κ1) is 74.7. The van der Waals surface area contributed by atoms with Crippen LogP contribution in [0.15, 0.2) is 28.7 Å². The zero-order chi connectivity index (χ0) is 63.8. The number of benzene rings is 1. The predicted molar refractivity (Wildman–Crippen MR) is 319 cm³/mol. The molecule has 0 bridgehead atoms. The first-order chi connectivity index (χ1) is 40.3. The molecule has 0 unspecified atom stereocenters. The van der Waals surface area contributed by atoms with Crippen LogP contribution in [0.3, 0.4) is 0 Å². The van der Waals surface area contributed by atoms with Crippen LogP contribution in [0.2, 0.25) is 0 Å². The second-order valence-corrected chi connectivity index (χ2v) is 22.5. The van der Waals surface area contributed by atoms with Crippen molar-refractivity contribution in [2.75, 3.05) is 39.3 Å². The molecule has 0 radical (unpaired) electrons. The molecule has 1 aliphatic heterocycles. The number of halogens is 1. The van der Waals surface area contributed by atoms with E-state index in [4.69, 9.17) is 28.7 Å². The normalized spacial score (nSPS) is 22.5. The number of nitrogens with one attached hydrogen (secondary N) is 11. The Hall–Kier alpha value is -6.41. The molecular weight excluding hydrogens is 1170 g/mol. The summed E-state index contributed by atoms with van der Waals surface area (Å²) in [6.07, 6.45) is -0.0333. The maximum atomic E-state index is 14.6. The van der Waals surface area contributed by atoms with Crippen molar-refractivity contribution >= 4 is 80.9 Å². The SMILES string of the molecule is CCCCCCCC(=O)N[C@@H](CCN)C(=O)N[C@H](C(=O)N[C@@H](CCN)C(=O)N[C@H]1CCNC(=O)[C@H]([C@@H](C)O)NC(=O)[C@H](CCN)NC(=O)[C@H](CCN)NC(=O)[C@H](CC(C)C)NC(=O)[C@@H](Cc2ccc(Br)cc2)NC(=O)[C@@H](CCN)NC1=O)[C@H](C)O. The molecule has 0 aliphatic carbocycles. The van der Waals surface area contributed by atoms with Gasteiger partial charge in [0.25, 0.3) is 0 Å². The molecule has 85 heavy (non-hydrogen) atoms. The minimum Gasteiger partial charge on any atom is -0.391 e. The number of amides is 11. The summed E-state index contributed by atoms with van der Waals surface area (Å²) in [5.41, 5.74) is 29.9. The third kappa shape index (κ3) is 27.2. The van der Waals surface area contributed by atoms with E-state index in [0.717, 1.165) is 25.7 Å². The number of nitrogens with two attached hydrogens (primary N) is 5. The van der Waals surface area contributed by atoms with Crippen molar-refractivity contribution < 1.29 is 63.0 Å². The zero-order valence-corrected chi connectivity index (χ0v) is 51.2. The quantitative estimate of drug-likeness (QED) is 0.0335. The topological polar surface area (TPSA) is 491 Å². The van der Waals surface area contributed by atoms with Gasteiger partial charge in [-0.15, -0.1) is 0 Å². The smallest absolute Gasteiger partial charge is 0.245 e. The molecule has 12 atom stereocenters. The summed E-state index contributed by atoms with van der Waals surface area (Å²) in [5.74, 6) is -9.99. The highest BCUT2D eigenvalue weighted by Gasteiger charge is 2.37. The molecule has 480 valence electrons. The first-order valence-electron chi connectivity index (χ1n) is 29.3. The second-order valence-electron chi connectivity index (χ2n) is 21.6. The molecule has 0 aromatic heterocycles. The monoisotopic (exact) mass is 1270 g/mol. The van der Waals surface area contributed by atoms with Crippen molar-refractivity contribution in [3.63, 3.8) is 0 Å². The lowest BCUT2D eigenvalue weighted by Gasteiger charge is -2.29. The predicted octanol–water partition coefficient (Wildman–Crippen LogP) is -4.73. The number of hydrogen-bond acceptors (Lipinski definition) is 18. The molecule has 11 amide bonds. The highest BCUT2D eigenvalue weighted by molar-refractivity contribution is 9.10. The van der Waals surface area contributed by atoms with E-state index in [9.17, 15) is 63.0 Å². The molecule has 2 rings (SSSR count). The van der Waals surface area contributed by atoms with Crippen LogP contribution < -0.4 is 87.2 Å². The lowest BCUT2D eigenvalue weighted by molar-refractivity contribution is -0.137. The molecule has 1 heterocycles. The summed E-state index contributed by atoms with van der Waals surface area (Å²) in [5, 5.41) is 49.6. The van der Waals surface area contributed by atoms with Crippen LogP contribution in [0, 0.1) is 5.92 Å². The maximum Gasteiger partial charge on any atom is 0.245 e. The van der Waals surface area contributed by atoms with E-state index in [1.54, 1.807) is 38.1 Å². The minimum absolute atomic E-state index is 0.0160. The van der Waals surface area contributed by atoms with Gasteiger partial charge in [-0.25, -0.2) is 0 Å². The molecule has 1 aromatic carbocycles. The van der Waals surface area contributed by atoms with Crippen LogP contribution in [-0.2, 0) is 59.2 Å². The minimum atomic E-state index is -1.70. The Bertz CT molecular complexity index is 2330. The summed E-state index contributed by atoms with van der Waals surface area (Å²) in [7, 11) is 0. The van der Waals surface area contributed by atoms with Crippen LogP contribution in [-0.4, -0.2) is 187 Å². The maximum absolute atomic E-state index is 14.6. The van der Waals surface area contributed by atoms with Crippen LogP contribution >= 0.6 is 15.9 Å². The first-order valence-corrected chi connectivity index (χ1v) is 30.0. The van der Waals surface area contributed by atoms with Gasteiger partial charge in [0, 0.05) is 23.9 Å². The lowest BCUT2D eigenvalue weighted by Crippen LogP contribution is -2.62. The molecule has 30 heteroatoms. The molecule has 1 aromatic rings. The molecule has 1 saturated heterocycles. The van der Waals surface area contributed by atoms with Gasteiger partial charge in [-0.05, 0) is 122 Å². The number of carbonyl (C=O) groups is 11. The molecule has 0 saturated carbocycles. The molecular formula is C55H95BrN16O13. The van der Waals surface area contributed by atoms with Gasteiger partial charge in [-0.1, -0.05) is 74.5 Å². The van der Waals surface area contributed by atoms with E-state index in [1.165, 1.54) is 13.8 Å². The van der Waals surface area contributed by atoms with Crippen molar-refractivity contribution in [3.8, 4) is 0 Å². The standard InChI is InChI=1S/C55H95BrN16O13/c1-6-7-8-9-10-11-43(75)63-35(16-22-57)50(80)72-45(32(5)74)55(85)68-38(19-25-60)47(77)67-40-21-27-62-54(84)44(31(4)73)71-51(81)39(20-26-61)65-46(76)36(17-23-58)66-52(82)41(28-30(2)3)69-53(83)42(29-33-12-14-34(56)15-13-33)70-48(78)37(18-24-59)64-49(40)79/h12-15,30-32,35-42,44-45,73-74H,6-11,16-29,57-61H2,1-5H3,(H,62,84)(H,63,75)(H,64,79)(H,65,76)(H,66,82)(H,67,77)(H,68,85)(H,69,83)(H,70,78)(H,71,81)(H,72,80)/t31-,32+,35+,36+,37-,38+,39+,40+,41+,42-,44+,45+/m1/s1. The van der Waals surface area contributed by atoms with E-state index in [0.29, 0.717) is 16.5 Å². The fourth-order valence-electron chi connectivity index (χ4n) is 9.03. The molecule has 1 aliphatic rings. The summed E-state index contributed by atoms with van der Waals surface area (Å²) in [6.45, 7) is 6.85. The Morgan fingerprint density at radius 2 is 1.06 bits per heavy atom. The number of rotatable bonds is 29. The van der Waals surface area contributed by atoms with Gasteiger partial charge < -0.3 is 97.4 Å². The molecule has 29 nitrogen and oxygen atoms in total. The second kappa shape index (κ2) is 40.1. The fraction of sp³-hybridized carbons (Fsp3) is 0.691. The van der Waals surface area contributed by atoms with Gasteiger partial charge in [0.2, 0.25) is 65.0 Å². The van der Waals surface area contributed by atoms with Crippen LogP contribution in [0.25, 0.3) is 0 Å². The third-order valence-corrected chi connectivity index (χ3v) is 14.3. The number of aliphatic hydroxyl groups is 2. The lowest BCUT2D eigenvalue weighted by atomic mass is 10.00. The Balaban J connectivity index is 2.70. The van der Waals surface area contributed by atoms with Crippen LogP contribution in [0.4, 0.5) is 0 Å². The van der Waals surface area contributed by atoms with E-state index < -0.39 is 151 Å². The van der Waals surface area contributed by atoms with Gasteiger partial charge >= 0.3 is 0 Å². The average molecular weight is 1270 g/mol. The molecule has 1 fully saturated rings. The Labute approximate surface area is 505 Å². The van der Waals surface area contributed by atoms with Crippen molar-refractivity contribution in [3.05, 3.63) is 34.3 Å². The summed E-state index contributed by atoms with van der Waals surface area (Å²) in [4.78, 5) is 154. The van der Waals surface area contributed by atoms with Crippen molar-refractivity contribution in [1.82, 2.24) is 58.5 Å². The van der Waals surface area contributed by atoms with Crippen molar-refractivity contribution in [1.29, 1.82) is 0 Å². The van der Waals surface area contributed by atoms with E-state index in [-0.39, 0.29) is 90.0 Å². The number of unbranched alkanes of at least 4 members (excludes halogenated alkanes) is 4. The summed E-state index contributed by atoms with van der Waals surface area (Å²) < 4.78 is 0.709. The van der Waals surface area contributed by atoms with Crippen LogP contribution in [0.5, 0.6) is 0 Å². The Kier molecular flexibility index (Phi) is 35.2. The van der Waals surface area contributed by atoms with Gasteiger partial charge in [0.15, 0.2) is 0 Å². The zero-order valence-electron chi connectivity index (χ0n) is 49.6. The number of carbonyl (C=O) groups excluding carboxylic acids is 11. The Morgan fingerprint density at radius 1 is 0.576 bits per heavy atom. The fourth-order valence-corrected chi connectivity index (χ4v) is 9.30. The highest BCUT2D eigenvalue weighted by Crippen LogP contribution is 2.15. The summed E-state index contributed by atoms with van der Waals surface area (Å²) >= 11 is 3.38. The number of hydrogen-bond donors (Lipinski definition) is 18. The van der Waals surface area contributed by atoms with Gasteiger partial charge in [-0.2, -0.15) is 0 Å². The molecule has 23 N–H and O–H groups in total. The number of aliphatic hydroxyl groups excluding tert-OH is 2. The van der Waals surface area contributed by atoms with Gasteiger partial charge in [0.1, 0.15) is 60.4 Å². The summed E-state index contributed by atoms with van der Waals surface area (Å²) in [6, 6.07) is -8.04. The average Bonchev–Trinajstić information content (AvgIpc) is 3.67. The van der Waals surface area contributed by atoms with Crippen molar-refractivity contribution in [2.45, 2.75) is 197 Å². The van der Waals surface area contributed by atoms with Gasteiger partial charge in [-0.3, -0.25) is 52.7 Å². The van der Waals surface area contributed by atoms with Crippen LogP contribution in [0.1, 0.15) is 124 Å². The molecule has 0 spiro atoms. The van der Waals surface area contributed by atoms with E-state index >= 15 is 0 Å². The third-order valence-electron chi connectivity index (χ3n) is 13.8. The van der Waals surface area contributed by atoms with Crippen molar-refractivity contribution in [2.24, 2.45) is 34.6 Å². The largest absolute Gasteiger partial charge is 0.391 e. The van der Waals surface area contributed by atoms with Gasteiger partial charge in [0.05, 0.1) is 12.2 Å². The highest BCUT2D eigenvalue weighted by atomic mass is 79.9.